The Morgan fingerprint density at radius 3 is 0.853 bits per heavy atom. The van der Waals surface area contributed by atoms with Gasteiger partial charge in [0, 0.05) is 12.1 Å². The van der Waals surface area contributed by atoms with Gasteiger partial charge in [0.15, 0.2) is 0 Å². The summed E-state index contributed by atoms with van der Waals surface area (Å²) < 4.78 is 0. The Balaban J connectivity index is 1.62. The topological polar surface area (TPSA) is 138 Å². The van der Waals surface area contributed by atoms with Crippen LogP contribution < -0.4 is 11.5 Å². The molecule has 4 N–H and O–H groups in total. The largest absolute Gasteiger partial charge is 0.397 e. The Hall–Kier alpha value is -4.98. The van der Waals surface area contributed by atoms with Crippen LogP contribution in [-0.2, 0) is 0 Å². The van der Waals surface area contributed by atoms with E-state index >= 15 is 0 Å². The molecule has 0 aliphatic carbocycles. The number of rotatable bonds is 2. The van der Waals surface area contributed by atoms with E-state index in [0.717, 1.165) is 43.1 Å². The number of nitrogen functional groups attached to an aromatic ring is 2. The summed E-state index contributed by atoms with van der Waals surface area (Å²) in [6.45, 7) is 0. The number of hydrogen-bond acceptors (Lipinski definition) is 6. The Kier molecular flexibility index (Phi) is 3.91. The van der Waals surface area contributed by atoms with Gasteiger partial charge in [-0.2, -0.15) is 0 Å². The first-order chi connectivity index (χ1) is 16.3. The third kappa shape index (κ3) is 2.93. The molecule has 164 valence electrons. The molecule has 6 aromatic carbocycles. The van der Waals surface area contributed by atoms with Gasteiger partial charge >= 0.3 is 11.4 Å². The number of nitrogens with two attached hydrogens (primary N) is 2. The van der Waals surface area contributed by atoms with E-state index in [4.69, 9.17) is 11.5 Å². The monoisotopic (exact) mass is 448 g/mol. The second kappa shape index (κ2) is 6.76. The molecule has 0 saturated carbocycles. The molecule has 0 fully saturated rings. The van der Waals surface area contributed by atoms with E-state index in [2.05, 4.69) is 24.3 Å². The Labute approximate surface area is 191 Å². The lowest BCUT2D eigenvalue weighted by molar-refractivity contribution is -0.422. The fourth-order valence-electron chi connectivity index (χ4n) is 4.66. The Morgan fingerprint density at radius 2 is 0.618 bits per heavy atom. The quantitative estimate of drug-likeness (QED) is 0.135. The molecule has 0 amide bonds. The number of nitrogens with zero attached hydrogens (tertiary/aromatic N) is 2. The number of nitro benzene ring substituents is 2. The normalized spacial score (nSPS) is 11.6. The summed E-state index contributed by atoms with van der Waals surface area (Å²) in [5.41, 5.74) is 12.0. The molecule has 0 heterocycles. The van der Waals surface area contributed by atoms with Gasteiger partial charge < -0.3 is 11.5 Å². The first-order valence-corrected chi connectivity index (χ1v) is 10.4. The van der Waals surface area contributed by atoms with Gasteiger partial charge in [0.2, 0.25) is 0 Å². The summed E-state index contributed by atoms with van der Waals surface area (Å²) in [5, 5.41) is 31.8. The first kappa shape index (κ1) is 19.7. The van der Waals surface area contributed by atoms with Crippen molar-refractivity contribution in [3.8, 4) is 0 Å². The van der Waals surface area contributed by atoms with Gasteiger partial charge in [0.25, 0.3) is 0 Å². The maximum absolute atomic E-state index is 11.4. The first-order valence-electron chi connectivity index (χ1n) is 10.4. The lowest BCUT2D eigenvalue weighted by Crippen LogP contribution is -1.96. The van der Waals surface area contributed by atoms with Crippen molar-refractivity contribution < 1.29 is 9.85 Å². The second-order valence-corrected chi connectivity index (χ2v) is 8.48. The fourth-order valence-corrected chi connectivity index (χ4v) is 4.66. The highest BCUT2D eigenvalue weighted by molar-refractivity contribution is 6.11. The van der Waals surface area contributed by atoms with Crippen molar-refractivity contribution in [1.82, 2.24) is 0 Å². The molecule has 6 aromatic rings. The van der Waals surface area contributed by atoms with Crippen LogP contribution in [0.2, 0.25) is 0 Å². The lowest BCUT2D eigenvalue weighted by Gasteiger charge is -2.09. The van der Waals surface area contributed by atoms with Gasteiger partial charge in [-0.25, -0.2) is 0 Å². The van der Waals surface area contributed by atoms with Gasteiger partial charge in [-0.3, -0.25) is 20.2 Å². The highest BCUT2D eigenvalue weighted by Gasteiger charge is 2.24. The summed E-state index contributed by atoms with van der Waals surface area (Å²) >= 11 is 0. The molecule has 0 unspecified atom stereocenters. The van der Waals surface area contributed by atoms with Crippen LogP contribution in [0, 0.1) is 20.2 Å². The summed E-state index contributed by atoms with van der Waals surface area (Å²) in [7, 11) is 0. The standard InChI is InChI=1S/C26H16N4O4/c27-23-9-19-5-15-1-13-3-17-7-21-11-25(29(31)32)26(30(33)34)12-22(21)8-18(17)4-14(13)2-16(15)6-20(19)10-24(23)28/h1-12H,27-28H2. The maximum Gasteiger partial charge on any atom is 0.346 e. The van der Waals surface area contributed by atoms with E-state index in [1.54, 1.807) is 0 Å². The average molecular weight is 448 g/mol. The lowest BCUT2D eigenvalue weighted by atomic mass is 9.95. The molecular weight excluding hydrogens is 432 g/mol. The number of benzene rings is 6. The molecule has 8 heteroatoms. The predicted octanol–water partition coefficient (Wildman–Crippen LogP) is 6.43. The van der Waals surface area contributed by atoms with Gasteiger partial charge in [-0.1, -0.05) is 0 Å². The molecule has 0 aliphatic heterocycles. The van der Waals surface area contributed by atoms with Crippen molar-refractivity contribution in [2.75, 3.05) is 11.5 Å². The molecule has 0 bridgehead atoms. The van der Waals surface area contributed by atoms with Crippen LogP contribution in [0.25, 0.3) is 53.9 Å². The van der Waals surface area contributed by atoms with Crippen molar-refractivity contribution in [1.29, 1.82) is 0 Å². The minimum absolute atomic E-state index is 0.518. The van der Waals surface area contributed by atoms with Crippen LogP contribution in [0.5, 0.6) is 0 Å². The zero-order valence-corrected chi connectivity index (χ0v) is 17.6. The minimum atomic E-state index is -0.723. The van der Waals surface area contributed by atoms with Crippen LogP contribution in [0.15, 0.2) is 72.8 Å². The summed E-state index contributed by atoms with van der Waals surface area (Å²) in [5.74, 6) is 0. The number of anilines is 2. The maximum atomic E-state index is 11.4. The third-order valence-electron chi connectivity index (χ3n) is 6.35. The van der Waals surface area contributed by atoms with Crippen LogP contribution in [0.1, 0.15) is 0 Å². The van der Waals surface area contributed by atoms with Gasteiger partial charge in [0.1, 0.15) is 0 Å². The highest BCUT2D eigenvalue weighted by Crippen LogP contribution is 2.36. The molecule has 0 spiro atoms. The van der Waals surface area contributed by atoms with E-state index in [9.17, 15) is 20.2 Å². The molecular formula is C26H16N4O4. The van der Waals surface area contributed by atoms with E-state index in [1.807, 2.05) is 36.4 Å². The van der Waals surface area contributed by atoms with E-state index in [0.29, 0.717) is 22.1 Å². The Bertz CT molecular complexity index is 1760. The number of fused-ring (bicyclic) bond motifs is 5. The smallest absolute Gasteiger partial charge is 0.346 e. The van der Waals surface area contributed by atoms with Crippen molar-refractivity contribution in [2.45, 2.75) is 0 Å². The molecule has 8 nitrogen and oxygen atoms in total. The fraction of sp³-hybridized carbons (Fsp3) is 0. The van der Waals surface area contributed by atoms with Crippen molar-refractivity contribution in [3.05, 3.63) is 93.0 Å². The molecule has 34 heavy (non-hydrogen) atoms. The molecule has 6 rings (SSSR count). The van der Waals surface area contributed by atoms with E-state index in [-0.39, 0.29) is 0 Å². The number of hydrogen-bond donors (Lipinski definition) is 2. The molecule has 0 aliphatic rings. The van der Waals surface area contributed by atoms with Crippen molar-refractivity contribution in [2.24, 2.45) is 0 Å². The predicted molar refractivity (Wildman–Crippen MR) is 136 cm³/mol. The SMILES string of the molecule is Nc1cc2cc3cc4cc5cc6cc([N+](=O)[O-])c([N+](=O)[O-])cc6cc5cc4cc3cc2cc1N. The van der Waals surface area contributed by atoms with E-state index < -0.39 is 21.2 Å². The molecule has 0 radical (unpaired) electrons. The Morgan fingerprint density at radius 1 is 0.412 bits per heavy atom. The van der Waals surface area contributed by atoms with Crippen LogP contribution in [0.4, 0.5) is 22.7 Å². The highest BCUT2D eigenvalue weighted by atomic mass is 16.6. The average Bonchev–Trinajstić information content (AvgIpc) is 2.79. The molecule has 0 aromatic heterocycles. The molecule has 0 atom stereocenters. The molecule has 0 saturated heterocycles. The zero-order chi connectivity index (χ0) is 23.7. The summed E-state index contributed by atoms with van der Waals surface area (Å²) in [6.07, 6.45) is 0. The zero-order valence-electron chi connectivity index (χ0n) is 17.6. The van der Waals surface area contributed by atoms with Crippen molar-refractivity contribution >= 4 is 76.6 Å². The number of nitro groups is 2. The van der Waals surface area contributed by atoms with Crippen LogP contribution in [-0.4, -0.2) is 9.85 Å². The van der Waals surface area contributed by atoms with Gasteiger partial charge in [-0.15, -0.1) is 0 Å². The second-order valence-electron chi connectivity index (χ2n) is 8.48. The minimum Gasteiger partial charge on any atom is -0.397 e. The van der Waals surface area contributed by atoms with Crippen LogP contribution in [0.3, 0.4) is 0 Å². The summed E-state index contributed by atoms with van der Waals surface area (Å²) in [6, 6.07) is 22.3. The van der Waals surface area contributed by atoms with Crippen molar-refractivity contribution in [3.63, 3.8) is 0 Å². The van der Waals surface area contributed by atoms with Gasteiger partial charge in [0.05, 0.1) is 21.2 Å². The third-order valence-corrected chi connectivity index (χ3v) is 6.35. The van der Waals surface area contributed by atoms with E-state index in [1.165, 1.54) is 12.1 Å². The van der Waals surface area contributed by atoms with Crippen LogP contribution >= 0.6 is 0 Å². The summed E-state index contributed by atoms with van der Waals surface area (Å²) in [4.78, 5) is 21.3. The van der Waals surface area contributed by atoms with Gasteiger partial charge in [-0.05, 0) is 115 Å².